The third kappa shape index (κ3) is 23.9. The monoisotopic (exact) mass is 965 g/mol. The molecule has 16 heteroatoms. The number of amides is 6. The number of hydrogen-bond donors (Lipinski definition) is 8. The second kappa shape index (κ2) is 33.5. The van der Waals surface area contributed by atoms with E-state index in [1.54, 1.807) is 11.8 Å². The van der Waals surface area contributed by atoms with E-state index in [1.165, 1.54) is 6.92 Å². The highest BCUT2D eigenvalue weighted by atomic mass is 32.2. The molecule has 2 aromatic carbocycles. The van der Waals surface area contributed by atoms with E-state index in [9.17, 15) is 43.8 Å². The molecule has 0 heterocycles. The number of hydrogen-bond acceptors (Lipinski definition) is 9. The molecule has 1 aliphatic rings. The van der Waals surface area contributed by atoms with E-state index in [1.807, 2.05) is 66.9 Å². The summed E-state index contributed by atoms with van der Waals surface area (Å²) >= 11 is 1.56. The summed E-state index contributed by atoms with van der Waals surface area (Å²) in [4.78, 5) is 90.2. The number of aliphatic hydroxyl groups is 1. The SMILES string of the molecule is CSCC[C@H](NC(=O)CCCCCCCCCCCCCCC(=O)N[C@H](C(=O)N[C@@H](CC1CCCCC1)C(=O)N[C@@H](Cc1ccccc1)C(N)=O)C(C)O)C(=O)N[C@@H](Cc1ccccc1)C(=O)O. The van der Waals surface area contributed by atoms with Crippen LogP contribution >= 0.6 is 11.8 Å². The third-order valence-corrected chi connectivity index (χ3v) is 13.3. The van der Waals surface area contributed by atoms with E-state index in [0.717, 1.165) is 114 Å². The largest absolute Gasteiger partial charge is 0.480 e. The van der Waals surface area contributed by atoms with Crippen molar-refractivity contribution in [2.45, 2.75) is 191 Å². The summed E-state index contributed by atoms with van der Waals surface area (Å²) in [6, 6.07) is 13.2. The van der Waals surface area contributed by atoms with Crippen LogP contribution in [0, 0.1) is 5.92 Å². The average Bonchev–Trinajstić information content (AvgIpc) is 3.32. The zero-order valence-corrected chi connectivity index (χ0v) is 41.3. The second-order valence-electron chi connectivity index (χ2n) is 18.5. The fraction of sp³-hybridized carbons (Fsp3) is 0.635. The van der Waals surface area contributed by atoms with Crippen molar-refractivity contribution < 1.29 is 43.8 Å². The Bertz CT molecular complexity index is 1810. The number of benzene rings is 2. The number of carboxylic acids is 1. The molecule has 6 amide bonds. The van der Waals surface area contributed by atoms with Gasteiger partial charge in [-0.15, -0.1) is 0 Å². The molecule has 9 N–H and O–H groups in total. The number of aliphatic hydroxyl groups excluding tert-OH is 1. The molecule has 6 atom stereocenters. The number of nitrogens with one attached hydrogen (secondary N) is 5. The number of aliphatic carboxylic acids is 1. The molecule has 2 aromatic rings. The van der Waals surface area contributed by atoms with Gasteiger partial charge < -0.3 is 42.5 Å². The van der Waals surface area contributed by atoms with Crippen LogP contribution in [0.4, 0.5) is 0 Å². The van der Waals surface area contributed by atoms with E-state index in [0.29, 0.717) is 31.4 Å². The Kier molecular flexibility index (Phi) is 28.3. The molecule has 1 aliphatic carbocycles. The molecule has 0 aromatic heterocycles. The van der Waals surface area contributed by atoms with Crippen molar-refractivity contribution in [1.82, 2.24) is 26.6 Å². The molecule has 1 saturated carbocycles. The topological polar surface area (TPSA) is 246 Å². The predicted octanol–water partition coefficient (Wildman–Crippen LogP) is 6.03. The first-order valence-corrected chi connectivity index (χ1v) is 26.4. The fourth-order valence-electron chi connectivity index (χ4n) is 8.68. The van der Waals surface area contributed by atoms with Crippen LogP contribution in [-0.4, -0.2) is 99.9 Å². The van der Waals surface area contributed by atoms with Crippen molar-refractivity contribution in [2.75, 3.05) is 12.0 Å². The Morgan fingerprint density at radius 2 is 1.03 bits per heavy atom. The summed E-state index contributed by atoms with van der Waals surface area (Å²) in [5.74, 6) is -3.18. The van der Waals surface area contributed by atoms with Gasteiger partial charge in [-0.2, -0.15) is 11.8 Å². The molecule has 0 bridgehead atoms. The maximum absolute atomic E-state index is 13.7. The molecule has 1 fully saturated rings. The first-order chi connectivity index (χ1) is 32.8. The molecular formula is C52H80N6O9S. The van der Waals surface area contributed by atoms with Gasteiger partial charge in [-0.25, -0.2) is 4.79 Å². The van der Waals surface area contributed by atoms with Crippen LogP contribution in [0.2, 0.25) is 0 Å². The molecule has 0 saturated heterocycles. The Hall–Kier alpha value is -4.96. The minimum atomic E-state index is -1.25. The van der Waals surface area contributed by atoms with Crippen molar-refractivity contribution >= 4 is 53.2 Å². The van der Waals surface area contributed by atoms with Crippen LogP contribution < -0.4 is 32.3 Å². The number of thioether (sulfide) groups is 1. The zero-order valence-electron chi connectivity index (χ0n) is 40.5. The molecule has 378 valence electrons. The molecular weight excluding hydrogens is 885 g/mol. The number of primary amides is 1. The third-order valence-electron chi connectivity index (χ3n) is 12.7. The highest BCUT2D eigenvalue weighted by Gasteiger charge is 2.33. The van der Waals surface area contributed by atoms with E-state index < -0.39 is 65.9 Å². The summed E-state index contributed by atoms with van der Waals surface area (Å²) in [5.41, 5.74) is 7.30. The smallest absolute Gasteiger partial charge is 0.326 e. The second-order valence-corrected chi connectivity index (χ2v) is 19.5. The van der Waals surface area contributed by atoms with E-state index in [2.05, 4.69) is 26.6 Å². The first kappa shape index (κ1) is 57.4. The minimum Gasteiger partial charge on any atom is -0.480 e. The van der Waals surface area contributed by atoms with Crippen LogP contribution in [-0.2, 0) is 46.4 Å². The minimum absolute atomic E-state index is 0.152. The highest BCUT2D eigenvalue weighted by Crippen LogP contribution is 2.27. The quantitative estimate of drug-likeness (QED) is 0.0373. The van der Waals surface area contributed by atoms with Crippen molar-refractivity contribution in [2.24, 2.45) is 11.7 Å². The maximum Gasteiger partial charge on any atom is 0.326 e. The fourth-order valence-corrected chi connectivity index (χ4v) is 9.15. The van der Waals surface area contributed by atoms with Gasteiger partial charge in [0.2, 0.25) is 35.4 Å². The average molecular weight is 965 g/mol. The number of carboxylic acid groups (broad SMARTS) is 1. The number of carbonyl (C=O) groups excluding carboxylic acids is 6. The van der Waals surface area contributed by atoms with Crippen molar-refractivity contribution in [3.63, 3.8) is 0 Å². The van der Waals surface area contributed by atoms with Gasteiger partial charge >= 0.3 is 5.97 Å². The van der Waals surface area contributed by atoms with Crippen LogP contribution in [0.15, 0.2) is 60.7 Å². The molecule has 0 radical (unpaired) electrons. The van der Waals surface area contributed by atoms with Gasteiger partial charge in [-0.05, 0) is 61.7 Å². The summed E-state index contributed by atoms with van der Waals surface area (Å²) in [6.45, 7) is 1.43. The lowest BCUT2D eigenvalue weighted by atomic mass is 9.84. The van der Waals surface area contributed by atoms with Gasteiger partial charge in [0.15, 0.2) is 0 Å². The Morgan fingerprint density at radius 1 is 0.588 bits per heavy atom. The highest BCUT2D eigenvalue weighted by molar-refractivity contribution is 7.98. The molecule has 68 heavy (non-hydrogen) atoms. The lowest BCUT2D eigenvalue weighted by Crippen LogP contribution is -2.59. The first-order valence-electron chi connectivity index (χ1n) is 25.0. The van der Waals surface area contributed by atoms with Crippen molar-refractivity contribution in [1.29, 1.82) is 0 Å². The predicted molar refractivity (Wildman–Crippen MR) is 267 cm³/mol. The van der Waals surface area contributed by atoms with Crippen molar-refractivity contribution in [3.05, 3.63) is 71.8 Å². The number of nitrogens with two attached hydrogens (primary N) is 1. The van der Waals surface area contributed by atoms with E-state index >= 15 is 0 Å². The summed E-state index contributed by atoms with van der Waals surface area (Å²) < 4.78 is 0. The Labute approximate surface area is 408 Å². The van der Waals surface area contributed by atoms with Crippen LogP contribution in [0.3, 0.4) is 0 Å². The summed E-state index contributed by atoms with van der Waals surface area (Å²) in [7, 11) is 0. The van der Waals surface area contributed by atoms with Gasteiger partial charge in [-0.1, -0.05) is 157 Å². The van der Waals surface area contributed by atoms with Gasteiger partial charge in [-0.3, -0.25) is 28.8 Å². The molecule has 0 spiro atoms. The van der Waals surface area contributed by atoms with Crippen molar-refractivity contribution in [3.8, 4) is 0 Å². The van der Waals surface area contributed by atoms with E-state index in [4.69, 9.17) is 5.73 Å². The normalized spacial score (nSPS) is 15.4. The Morgan fingerprint density at radius 3 is 1.50 bits per heavy atom. The lowest BCUT2D eigenvalue weighted by Gasteiger charge is -2.29. The molecule has 0 aliphatic heterocycles. The van der Waals surface area contributed by atoms with E-state index in [-0.39, 0.29) is 37.0 Å². The van der Waals surface area contributed by atoms with Gasteiger partial charge in [0.05, 0.1) is 6.10 Å². The van der Waals surface area contributed by atoms with Crippen LogP contribution in [0.1, 0.15) is 153 Å². The molecule has 15 nitrogen and oxygen atoms in total. The number of unbranched alkanes of at least 4 members (excludes halogenated alkanes) is 11. The number of carbonyl (C=O) groups is 7. The zero-order chi connectivity index (χ0) is 49.5. The molecule has 3 rings (SSSR count). The standard InChI is InChI=1S/C52H80N6O9S/c1-37(59)47(51(65)56-43(35-39-26-18-14-19-27-39)50(64)55-42(48(53)62)34-38-24-16-13-17-25-38)58-46(61)31-23-12-10-8-6-4-3-5-7-9-11-22-30-45(60)54-41(32-33-68-2)49(63)57-44(52(66)67)36-40-28-20-15-21-29-40/h13,15-17,20-21,24-25,28-29,37,39,41-44,47,59H,3-12,14,18-19,22-23,26-27,30-36H2,1-2H3,(H2,53,62)(H,54,60)(H,55,64)(H,56,65)(H,57,63)(H,58,61)(H,66,67)/t37?,41-,42-,43-,44-,47-/m0/s1. The number of rotatable bonds is 35. The Balaban J connectivity index is 1.28. The van der Waals surface area contributed by atoms with Gasteiger partial charge in [0.25, 0.3) is 0 Å². The maximum atomic E-state index is 13.7. The van der Waals surface area contributed by atoms with Gasteiger partial charge in [0, 0.05) is 25.7 Å². The lowest BCUT2D eigenvalue weighted by molar-refractivity contribution is -0.142. The summed E-state index contributed by atoms with van der Waals surface area (Å²) in [5, 5.41) is 33.9. The van der Waals surface area contributed by atoms with Gasteiger partial charge in [0.1, 0.15) is 30.2 Å². The summed E-state index contributed by atoms with van der Waals surface area (Å²) in [6.07, 6.45) is 19.2. The van der Waals surface area contributed by atoms with Crippen LogP contribution in [0.5, 0.6) is 0 Å². The molecule has 1 unspecified atom stereocenters. The van der Waals surface area contributed by atoms with Crippen LogP contribution in [0.25, 0.3) is 0 Å².